The van der Waals surface area contributed by atoms with Gasteiger partial charge in [-0.25, -0.2) is 0 Å². The van der Waals surface area contributed by atoms with Gasteiger partial charge in [0.15, 0.2) is 5.96 Å². The van der Waals surface area contributed by atoms with Crippen molar-refractivity contribution in [2.24, 2.45) is 16.8 Å². The number of hydrogen-bond acceptors (Lipinski definition) is 5. The first-order valence-corrected chi connectivity index (χ1v) is 11.8. The molecule has 1 aromatic heterocycles. The predicted octanol–water partition coefficient (Wildman–Crippen LogP) is 2.64. The third kappa shape index (κ3) is 6.44. The summed E-state index contributed by atoms with van der Waals surface area (Å²) in [5.74, 6) is 2.47. The van der Waals surface area contributed by atoms with Gasteiger partial charge in [0.25, 0.3) is 0 Å². The molecule has 3 rings (SSSR count). The minimum atomic E-state index is -0.0779. The second kappa shape index (κ2) is 11.9. The summed E-state index contributed by atoms with van der Waals surface area (Å²) < 4.78 is 7.36. The first-order valence-electron chi connectivity index (χ1n) is 11.8. The lowest BCUT2D eigenvalue weighted by atomic mass is 9.89. The van der Waals surface area contributed by atoms with Gasteiger partial charge in [-0.3, -0.25) is 9.79 Å². The van der Waals surface area contributed by atoms with Crippen LogP contribution in [0.5, 0.6) is 0 Å². The van der Waals surface area contributed by atoms with Gasteiger partial charge in [-0.2, -0.15) is 0 Å². The van der Waals surface area contributed by atoms with E-state index in [-0.39, 0.29) is 11.9 Å². The van der Waals surface area contributed by atoms with Gasteiger partial charge in [0.1, 0.15) is 12.2 Å². The first kappa shape index (κ1) is 22.6. The van der Waals surface area contributed by atoms with Crippen LogP contribution in [0.1, 0.15) is 64.6 Å². The van der Waals surface area contributed by atoms with Crippen molar-refractivity contribution in [2.75, 3.05) is 32.8 Å². The Hall–Kier alpha value is -2.12. The minimum absolute atomic E-state index is 0.0649. The summed E-state index contributed by atoms with van der Waals surface area (Å²) in [5.41, 5.74) is 0. The molecule has 30 heavy (non-hydrogen) atoms. The van der Waals surface area contributed by atoms with Gasteiger partial charge in [0, 0.05) is 39.1 Å². The van der Waals surface area contributed by atoms with Crippen molar-refractivity contribution in [3.8, 4) is 0 Å². The van der Waals surface area contributed by atoms with E-state index in [1.54, 1.807) is 6.33 Å². The smallest absolute Gasteiger partial charge is 0.310 e. The minimum Gasteiger partial charge on any atom is -0.466 e. The fourth-order valence-corrected chi connectivity index (χ4v) is 4.50. The van der Waals surface area contributed by atoms with Crippen LogP contribution in [0, 0.1) is 11.8 Å². The number of piperidine rings is 1. The van der Waals surface area contributed by atoms with E-state index in [2.05, 4.69) is 31.9 Å². The summed E-state index contributed by atoms with van der Waals surface area (Å²) in [6.45, 7) is 8.44. The Morgan fingerprint density at radius 3 is 2.83 bits per heavy atom. The summed E-state index contributed by atoms with van der Waals surface area (Å²) in [4.78, 5) is 19.5. The summed E-state index contributed by atoms with van der Waals surface area (Å²) in [6.07, 6.45) is 11.1. The molecule has 1 atom stereocenters. The van der Waals surface area contributed by atoms with E-state index in [0.717, 1.165) is 57.2 Å². The SMILES string of the molecule is CCOC(=O)C1CCCN(C(=NCC2CCCCC2)NCCn2cnnc2CC)C1. The third-order valence-electron chi connectivity index (χ3n) is 6.21. The van der Waals surface area contributed by atoms with E-state index in [4.69, 9.17) is 9.73 Å². The first-order chi connectivity index (χ1) is 14.7. The highest BCUT2D eigenvalue weighted by atomic mass is 16.5. The molecule has 8 nitrogen and oxygen atoms in total. The normalized spacial score (nSPS) is 20.9. The van der Waals surface area contributed by atoms with Crippen molar-refractivity contribution in [2.45, 2.75) is 71.8 Å². The largest absolute Gasteiger partial charge is 0.466 e. The van der Waals surface area contributed by atoms with E-state index >= 15 is 0 Å². The standard InChI is InChI=1S/C22H38N6O2/c1-3-20-26-25-17-28(20)14-12-23-22(24-15-18-9-6-5-7-10-18)27-13-8-11-19(16-27)21(29)30-4-2/h17-19H,3-16H2,1-2H3,(H,23,24). The fourth-order valence-electron chi connectivity index (χ4n) is 4.50. The zero-order chi connectivity index (χ0) is 21.2. The Morgan fingerprint density at radius 1 is 1.23 bits per heavy atom. The molecule has 2 fully saturated rings. The Kier molecular flexibility index (Phi) is 8.96. The topological polar surface area (TPSA) is 84.6 Å². The zero-order valence-corrected chi connectivity index (χ0v) is 18.7. The summed E-state index contributed by atoms with van der Waals surface area (Å²) in [6, 6.07) is 0. The van der Waals surface area contributed by atoms with Crippen LogP contribution in [-0.2, 0) is 22.5 Å². The molecular weight excluding hydrogens is 380 g/mol. The maximum Gasteiger partial charge on any atom is 0.310 e. The van der Waals surface area contributed by atoms with Gasteiger partial charge in [-0.05, 0) is 38.5 Å². The molecule has 1 saturated heterocycles. The number of aliphatic imine (C=N–C) groups is 1. The molecule has 1 saturated carbocycles. The molecule has 0 bridgehead atoms. The maximum absolute atomic E-state index is 12.3. The van der Waals surface area contributed by atoms with Gasteiger partial charge in [0.05, 0.1) is 12.5 Å². The van der Waals surface area contributed by atoms with Gasteiger partial charge < -0.3 is 19.5 Å². The maximum atomic E-state index is 12.3. The van der Waals surface area contributed by atoms with Crippen molar-refractivity contribution in [3.05, 3.63) is 12.2 Å². The Morgan fingerprint density at radius 2 is 2.07 bits per heavy atom. The number of guanidine groups is 1. The highest BCUT2D eigenvalue weighted by Gasteiger charge is 2.28. The number of esters is 1. The van der Waals surface area contributed by atoms with Crippen LogP contribution in [0.2, 0.25) is 0 Å². The highest BCUT2D eigenvalue weighted by molar-refractivity contribution is 5.81. The lowest BCUT2D eigenvalue weighted by molar-refractivity contribution is -0.149. The molecular formula is C22H38N6O2. The quantitative estimate of drug-likeness (QED) is 0.397. The van der Waals surface area contributed by atoms with Gasteiger partial charge in [-0.1, -0.05) is 26.2 Å². The molecule has 1 aliphatic heterocycles. The summed E-state index contributed by atoms with van der Waals surface area (Å²) in [5, 5.41) is 11.7. The lowest BCUT2D eigenvalue weighted by Gasteiger charge is -2.34. The van der Waals surface area contributed by atoms with E-state index in [9.17, 15) is 4.79 Å². The van der Waals surface area contributed by atoms with Crippen LogP contribution < -0.4 is 5.32 Å². The van der Waals surface area contributed by atoms with Gasteiger partial charge in [-0.15, -0.1) is 10.2 Å². The molecule has 2 aliphatic rings. The predicted molar refractivity (Wildman–Crippen MR) is 117 cm³/mol. The van der Waals surface area contributed by atoms with Crippen LogP contribution in [0.25, 0.3) is 0 Å². The zero-order valence-electron chi connectivity index (χ0n) is 18.7. The molecule has 0 amide bonds. The van der Waals surface area contributed by atoms with Gasteiger partial charge in [0.2, 0.25) is 0 Å². The van der Waals surface area contributed by atoms with Crippen LogP contribution in [0.4, 0.5) is 0 Å². The fraction of sp³-hybridized carbons (Fsp3) is 0.818. The molecule has 0 radical (unpaired) electrons. The number of aromatic nitrogens is 3. The number of ether oxygens (including phenoxy) is 1. The molecule has 2 heterocycles. The van der Waals surface area contributed by atoms with Gasteiger partial charge >= 0.3 is 5.97 Å². The number of likely N-dealkylation sites (tertiary alicyclic amines) is 1. The van der Waals surface area contributed by atoms with Crippen molar-refractivity contribution in [1.82, 2.24) is 25.0 Å². The Balaban J connectivity index is 1.62. The molecule has 0 spiro atoms. The second-order valence-corrected chi connectivity index (χ2v) is 8.43. The summed E-state index contributed by atoms with van der Waals surface area (Å²) in [7, 11) is 0. The van der Waals surface area contributed by atoms with Crippen molar-refractivity contribution >= 4 is 11.9 Å². The molecule has 1 N–H and O–H groups in total. The highest BCUT2D eigenvalue weighted by Crippen LogP contribution is 2.24. The monoisotopic (exact) mass is 418 g/mol. The van der Waals surface area contributed by atoms with Crippen LogP contribution >= 0.6 is 0 Å². The molecule has 0 aromatic carbocycles. The van der Waals surface area contributed by atoms with Crippen molar-refractivity contribution < 1.29 is 9.53 Å². The van der Waals surface area contributed by atoms with E-state index < -0.39 is 0 Å². The van der Waals surface area contributed by atoms with Crippen molar-refractivity contribution in [3.63, 3.8) is 0 Å². The molecule has 1 aromatic rings. The molecule has 168 valence electrons. The number of carbonyl (C=O) groups excluding carboxylic acids is 1. The van der Waals surface area contributed by atoms with E-state index in [1.807, 2.05) is 6.92 Å². The Bertz CT molecular complexity index is 683. The van der Waals surface area contributed by atoms with Crippen LogP contribution in [0.15, 0.2) is 11.3 Å². The number of nitrogens with one attached hydrogen (secondary N) is 1. The van der Waals surface area contributed by atoms with Crippen LogP contribution in [-0.4, -0.2) is 64.4 Å². The number of nitrogens with zero attached hydrogens (tertiary/aromatic N) is 5. The summed E-state index contributed by atoms with van der Waals surface area (Å²) >= 11 is 0. The molecule has 8 heteroatoms. The number of hydrogen-bond donors (Lipinski definition) is 1. The lowest BCUT2D eigenvalue weighted by Crippen LogP contribution is -2.49. The average Bonchev–Trinajstić information content (AvgIpc) is 3.24. The number of rotatable bonds is 8. The number of carbonyl (C=O) groups is 1. The van der Waals surface area contributed by atoms with Crippen molar-refractivity contribution in [1.29, 1.82) is 0 Å². The molecule has 1 unspecified atom stereocenters. The third-order valence-corrected chi connectivity index (χ3v) is 6.21. The van der Waals surface area contributed by atoms with E-state index in [0.29, 0.717) is 19.1 Å². The van der Waals surface area contributed by atoms with E-state index in [1.165, 1.54) is 32.1 Å². The van der Waals surface area contributed by atoms with Crippen LogP contribution in [0.3, 0.4) is 0 Å². The molecule has 1 aliphatic carbocycles. The average molecular weight is 419 g/mol. The Labute approximate surface area is 180 Å². The second-order valence-electron chi connectivity index (χ2n) is 8.43. The number of aryl methyl sites for hydroxylation is 1.